The standard InChI is InChI=1S/C25H31N5OS/c1-25(22-14-19(16-32-22)18-8-6-7-17(13-18)15-26)21(23(31)30(2)24(27)29-25)11-12-28-20-9-4-3-5-10-20/h6-8,13-14,16,20-21,28H,3-5,9-12H2,1-2H3,(H2,27,29)/t21-,25+/m1/s1. The minimum absolute atomic E-state index is 0.0203. The number of nitrogens with one attached hydrogen (secondary N) is 1. The van der Waals surface area contributed by atoms with E-state index in [1.165, 1.54) is 37.0 Å². The van der Waals surface area contributed by atoms with E-state index < -0.39 is 5.54 Å². The van der Waals surface area contributed by atoms with Crippen LogP contribution in [0.15, 0.2) is 40.7 Å². The van der Waals surface area contributed by atoms with E-state index in [9.17, 15) is 10.1 Å². The van der Waals surface area contributed by atoms with Gasteiger partial charge in [-0.15, -0.1) is 11.3 Å². The highest BCUT2D eigenvalue weighted by Crippen LogP contribution is 2.43. The van der Waals surface area contributed by atoms with Gasteiger partial charge in [0.1, 0.15) is 5.54 Å². The summed E-state index contributed by atoms with van der Waals surface area (Å²) < 4.78 is 0. The van der Waals surface area contributed by atoms with Crippen LogP contribution in [0.5, 0.6) is 0 Å². The molecule has 0 saturated heterocycles. The van der Waals surface area contributed by atoms with Crippen LogP contribution in [-0.2, 0) is 10.3 Å². The number of benzene rings is 1. The number of nitrogens with zero attached hydrogens (tertiary/aromatic N) is 3. The van der Waals surface area contributed by atoms with Crippen LogP contribution in [0.2, 0.25) is 0 Å². The smallest absolute Gasteiger partial charge is 0.235 e. The number of hydrogen-bond acceptors (Lipinski definition) is 6. The Labute approximate surface area is 194 Å². The zero-order valence-electron chi connectivity index (χ0n) is 18.8. The highest BCUT2D eigenvalue weighted by molar-refractivity contribution is 7.10. The lowest BCUT2D eigenvalue weighted by atomic mass is 9.79. The second kappa shape index (κ2) is 9.43. The van der Waals surface area contributed by atoms with Gasteiger partial charge in [-0.3, -0.25) is 9.69 Å². The van der Waals surface area contributed by atoms with Crippen LogP contribution in [0, 0.1) is 17.2 Å². The molecular formula is C25H31N5OS. The molecule has 3 N–H and O–H groups in total. The maximum Gasteiger partial charge on any atom is 0.235 e. The summed E-state index contributed by atoms with van der Waals surface area (Å²) in [6, 6.07) is 12.4. The fraction of sp³-hybridized carbons (Fsp3) is 0.480. The summed E-state index contributed by atoms with van der Waals surface area (Å²) in [7, 11) is 1.70. The van der Waals surface area contributed by atoms with Gasteiger partial charge in [-0.05, 0) is 67.4 Å². The maximum atomic E-state index is 13.3. The summed E-state index contributed by atoms with van der Waals surface area (Å²) >= 11 is 1.60. The molecule has 2 heterocycles. The lowest BCUT2D eigenvalue weighted by Crippen LogP contribution is -2.54. The van der Waals surface area contributed by atoms with Gasteiger partial charge in [0.05, 0.1) is 17.6 Å². The van der Waals surface area contributed by atoms with Crippen LogP contribution in [0.3, 0.4) is 0 Å². The first-order valence-electron chi connectivity index (χ1n) is 11.4. The third kappa shape index (κ3) is 4.43. The van der Waals surface area contributed by atoms with E-state index >= 15 is 0 Å². The highest BCUT2D eigenvalue weighted by atomic mass is 32.1. The second-order valence-corrected chi connectivity index (χ2v) is 9.95. The molecule has 0 unspecified atom stereocenters. The van der Waals surface area contributed by atoms with Gasteiger partial charge in [0.15, 0.2) is 5.96 Å². The fourth-order valence-corrected chi connectivity index (χ4v) is 5.95. The van der Waals surface area contributed by atoms with Crippen molar-refractivity contribution in [3.63, 3.8) is 0 Å². The average Bonchev–Trinajstić information content (AvgIpc) is 3.32. The van der Waals surface area contributed by atoms with Crippen molar-refractivity contribution in [2.24, 2.45) is 16.6 Å². The first kappa shape index (κ1) is 22.5. The van der Waals surface area contributed by atoms with Crippen molar-refractivity contribution < 1.29 is 4.79 Å². The Bertz CT molecular complexity index is 1050. The van der Waals surface area contributed by atoms with Gasteiger partial charge in [-0.2, -0.15) is 5.26 Å². The molecule has 4 rings (SSSR count). The molecule has 32 heavy (non-hydrogen) atoms. The number of carbonyl (C=O) groups is 1. The number of aliphatic imine (C=N–C) groups is 1. The number of hydrogen-bond donors (Lipinski definition) is 2. The zero-order chi connectivity index (χ0) is 22.7. The van der Waals surface area contributed by atoms with Crippen molar-refractivity contribution in [3.8, 4) is 17.2 Å². The van der Waals surface area contributed by atoms with Gasteiger partial charge in [0, 0.05) is 18.0 Å². The highest BCUT2D eigenvalue weighted by Gasteiger charge is 2.46. The lowest BCUT2D eigenvalue weighted by molar-refractivity contribution is -0.134. The third-order valence-corrected chi connectivity index (χ3v) is 8.05. The quantitative estimate of drug-likeness (QED) is 0.690. The van der Waals surface area contributed by atoms with Crippen LogP contribution in [-0.4, -0.2) is 36.4 Å². The molecule has 1 aromatic heterocycles. The van der Waals surface area contributed by atoms with E-state index in [1.54, 1.807) is 24.5 Å². The van der Waals surface area contributed by atoms with Crippen molar-refractivity contribution in [1.82, 2.24) is 10.2 Å². The Balaban J connectivity index is 1.59. The molecule has 7 heteroatoms. The molecule has 2 atom stereocenters. The van der Waals surface area contributed by atoms with Gasteiger partial charge < -0.3 is 11.1 Å². The van der Waals surface area contributed by atoms with Gasteiger partial charge in [0.25, 0.3) is 0 Å². The van der Waals surface area contributed by atoms with Crippen molar-refractivity contribution in [1.29, 1.82) is 5.26 Å². The first-order chi connectivity index (χ1) is 15.4. The number of thiophene rings is 1. The number of amides is 1. The first-order valence-corrected chi connectivity index (χ1v) is 12.3. The zero-order valence-corrected chi connectivity index (χ0v) is 19.6. The molecular weight excluding hydrogens is 418 g/mol. The fourth-order valence-electron chi connectivity index (χ4n) is 4.87. The molecule has 0 radical (unpaired) electrons. The van der Waals surface area contributed by atoms with Gasteiger partial charge in [0.2, 0.25) is 5.91 Å². The summed E-state index contributed by atoms with van der Waals surface area (Å²) in [5.41, 5.74) is 8.09. The van der Waals surface area contributed by atoms with E-state index in [-0.39, 0.29) is 17.8 Å². The predicted molar refractivity (Wildman–Crippen MR) is 129 cm³/mol. The van der Waals surface area contributed by atoms with E-state index in [2.05, 4.69) is 22.8 Å². The normalized spacial score (nSPS) is 24.3. The van der Waals surface area contributed by atoms with E-state index in [1.807, 2.05) is 25.1 Å². The Morgan fingerprint density at radius 3 is 2.81 bits per heavy atom. The molecule has 2 aliphatic rings. The molecule has 2 aromatic rings. The Hall–Kier alpha value is -2.69. The summed E-state index contributed by atoms with van der Waals surface area (Å²) in [4.78, 5) is 20.6. The van der Waals surface area contributed by atoms with E-state index in [0.717, 1.165) is 22.5 Å². The predicted octanol–water partition coefficient (Wildman–Crippen LogP) is 4.22. The molecule has 6 nitrogen and oxygen atoms in total. The van der Waals surface area contributed by atoms with Crippen molar-refractivity contribution in [3.05, 3.63) is 46.2 Å². The maximum absolute atomic E-state index is 13.3. The molecule has 1 aliphatic heterocycles. The molecule has 0 bridgehead atoms. The monoisotopic (exact) mass is 449 g/mol. The Morgan fingerprint density at radius 2 is 2.06 bits per heavy atom. The van der Waals surface area contributed by atoms with Gasteiger partial charge in [-0.1, -0.05) is 31.4 Å². The van der Waals surface area contributed by atoms with Crippen LogP contribution >= 0.6 is 11.3 Å². The molecule has 1 fully saturated rings. The summed E-state index contributed by atoms with van der Waals surface area (Å²) in [5, 5.41) is 15.0. The molecule has 168 valence electrons. The Kier molecular flexibility index (Phi) is 6.63. The molecule has 1 amide bonds. The van der Waals surface area contributed by atoms with Gasteiger partial charge >= 0.3 is 0 Å². The number of nitrogens with two attached hydrogens (primary N) is 1. The SMILES string of the molecule is CN1C(=O)[C@@H](CCNC2CCCCC2)[C@@](C)(c2cc(-c3cccc(C#N)c3)cs2)N=C1N. The molecule has 1 aromatic carbocycles. The summed E-state index contributed by atoms with van der Waals surface area (Å²) in [5.74, 6) is -0.00452. The van der Waals surface area contributed by atoms with Crippen LogP contribution in [0.4, 0.5) is 0 Å². The van der Waals surface area contributed by atoms with Crippen LogP contribution in [0.1, 0.15) is 55.9 Å². The average molecular weight is 450 g/mol. The minimum Gasteiger partial charge on any atom is -0.369 e. The Morgan fingerprint density at radius 1 is 1.28 bits per heavy atom. The van der Waals surface area contributed by atoms with Crippen LogP contribution < -0.4 is 11.1 Å². The van der Waals surface area contributed by atoms with Crippen LogP contribution in [0.25, 0.3) is 11.1 Å². The topological polar surface area (TPSA) is 94.5 Å². The van der Waals surface area contributed by atoms with E-state index in [0.29, 0.717) is 18.0 Å². The third-order valence-electron chi connectivity index (χ3n) is 6.89. The summed E-state index contributed by atoms with van der Waals surface area (Å²) in [6.45, 7) is 2.82. The number of guanidine groups is 1. The largest absolute Gasteiger partial charge is 0.369 e. The van der Waals surface area contributed by atoms with Gasteiger partial charge in [-0.25, -0.2) is 4.99 Å². The minimum atomic E-state index is -0.711. The number of rotatable bonds is 6. The molecule has 1 aliphatic carbocycles. The van der Waals surface area contributed by atoms with Crippen molar-refractivity contribution in [2.45, 2.75) is 57.0 Å². The number of nitriles is 1. The van der Waals surface area contributed by atoms with E-state index in [4.69, 9.17) is 10.7 Å². The number of carbonyl (C=O) groups excluding carboxylic acids is 1. The van der Waals surface area contributed by atoms with Crippen molar-refractivity contribution >= 4 is 23.2 Å². The lowest BCUT2D eigenvalue weighted by Gasteiger charge is -2.40. The van der Waals surface area contributed by atoms with Crippen molar-refractivity contribution in [2.75, 3.05) is 13.6 Å². The molecule has 1 saturated carbocycles. The second-order valence-electron chi connectivity index (χ2n) is 9.04. The summed E-state index contributed by atoms with van der Waals surface area (Å²) in [6.07, 6.45) is 7.05. The molecule has 0 spiro atoms.